The quantitative estimate of drug-likeness (QED) is 0.736. The fourth-order valence-corrected chi connectivity index (χ4v) is 4.45. The molecule has 2 saturated carbocycles. The molecule has 0 heterocycles. The maximum absolute atomic E-state index is 11.6. The van der Waals surface area contributed by atoms with E-state index >= 15 is 0 Å². The van der Waals surface area contributed by atoms with Gasteiger partial charge in [-0.3, -0.25) is 4.79 Å². The van der Waals surface area contributed by atoms with Crippen LogP contribution in [0.3, 0.4) is 0 Å². The predicted molar refractivity (Wildman–Crippen MR) is 71.5 cm³/mol. The molecule has 0 spiro atoms. The Labute approximate surface area is 108 Å². The summed E-state index contributed by atoms with van der Waals surface area (Å²) in [5.41, 5.74) is -0.651. The Hall–Kier alpha value is -0.220. The van der Waals surface area contributed by atoms with Crippen LogP contribution in [-0.4, -0.2) is 34.2 Å². The number of carbonyl (C=O) groups is 1. The first kappa shape index (κ1) is 13.2. The van der Waals surface area contributed by atoms with Crippen LogP contribution in [0, 0.1) is 5.92 Å². The average Bonchev–Trinajstić information content (AvgIpc) is 3.02. The Morgan fingerprint density at radius 1 is 1.35 bits per heavy atom. The Bertz CT molecular complexity index is 275. The van der Waals surface area contributed by atoms with E-state index in [1.165, 1.54) is 25.7 Å². The molecule has 17 heavy (non-hydrogen) atoms. The molecule has 1 unspecified atom stereocenters. The highest BCUT2D eigenvalue weighted by Gasteiger charge is 2.50. The van der Waals surface area contributed by atoms with Crippen LogP contribution < -0.4 is 5.32 Å². The summed E-state index contributed by atoms with van der Waals surface area (Å²) in [4.78, 5) is 11.6. The number of thioether (sulfide) groups is 1. The molecule has 0 aromatic heterocycles. The molecular formula is C13H23NO2S. The lowest BCUT2D eigenvalue weighted by Gasteiger charge is -2.31. The molecule has 4 heteroatoms. The smallest absolute Gasteiger partial charge is 0.325 e. The number of rotatable bonds is 7. The van der Waals surface area contributed by atoms with Crippen LogP contribution in [0.1, 0.15) is 45.4 Å². The van der Waals surface area contributed by atoms with Crippen LogP contribution in [0.4, 0.5) is 0 Å². The summed E-state index contributed by atoms with van der Waals surface area (Å²) in [6, 6.07) is 0. The van der Waals surface area contributed by atoms with Crippen molar-refractivity contribution in [2.75, 3.05) is 12.3 Å². The SMILES string of the molecule is CCNC(CSC1CCCC1)(C(=O)O)C1CC1. The van der Waals surface area contributed by atoms with Crippen molar-refractivity contribution in [1.82, 2.24) is 5.32 Å². The number of nitrogens with one attached hydrogen (secondary N) is 1. The summed E-state index contributed by atoms with van der Waals surface area (Å²) in [6.07, 6.45) is 7.34. The second kappa shape index (κ2) is 5.61. The number of aliphatic carboxylic acids is 1. The maximum atomic E-state index is 11.6. The Morgan fingerprint density at radius 3 is 2.47 bits per heavy atom. The van der Waals surface area contributed by atoms with Crippen LogP contribution in [-0.2, 0) is 4.79 Å². The van der Waals surface area contributed by atoms with E-state index in [9.17, 15) is 9.90 Å². The summed E-state index contributed by atoms with van der Waals surface area (Å²) in [6.45, 7) is 2.74. The van der Waals surface area contributed by atoms with Crippen molar-refractivity contribution in [3.63, 3.8) is 0 Å². The molecule has 0 aliphatic heterocycles. The Kier molecular flexibility index (Phi) is 4.36. The van der Waals surface area contributed by atoms with Crippen molar-refractivity contribution in [2.45, 2.75) is 56.2 Å². The Morgan fingerprint density at radius 2 is 2.00 bits per heavy atom. The lowest BCUT2D eigenvalue weighted by atomic mass is 9.96. The van der Waals surface area contributed by atoms with Gasteiger partial charge >= 0.3 is 5.97 Å². The monoisotopic (exact) mass is 257 g/mol. The van der Waals surface area contributed by atoms with Crippen molar-refractivity contribution >= 4 is 17.7 Å². The number of hydrogen-bond donors (Lipinski definition) is 2. The van der Waals surface area contributed by atoms with Gasteiger partial charge in [-0.15, -0.1) is 0 Å². The van der Waals surface area contributed by atoms with Gasteiger partial charge in [-0.1, -0.05) is 19.8 Å². The zero-order valence-corrected chi connectivity index (χ0v) is 11.4. The van der Waals surface area contributed by atoms with Gasteiger partial charge in [0.05, 0.1) is 0 Å². The van der Waals surface area contributed by atoms with Crippen molar-refractivity contribution in [3.05, 3.63) is 0 Å². The number of likely N-dealkylation sites (N-methyl/N-ethyl adjacent to an activating group) is 1. The molecule has 1 atom stereocenters. The molecule has 2 aliphatic carbocycles. The van der Waals surface area contributed by atoms with Gasteiger partial charge in [0.25, 0.3) is 0 Å². The highest BCUT2D eigenvalue weighted by Crippen LogP contribution is 2.43. The van der Waals surface area contributed by atoms with Crippen LogP contribution >= 0.6 is 11.8 Å². The molecule has 2 aliphatic rings. The van der Waals surface area contributed by atoms with Gasteiger partial charge in [0.1, 0.15) is 5.54 Å². The third-order valence-electron chi connectivity index (χ3n) is 4.00. The van der Waals surface area contributed by atoms with Crippen LogP contribution in [0.5, 0.6) is 0 Å². The first-order valence-electron chi connectivity index (χ1n) is 6.79. The van der Waals surface area contributed by atoms with Gasteiger partial charge in [0, 0.05) is 11.0 Å². The molecule has 2 N–H and O–H groups in total. The fraction of sp³-hybridized carbons (Fsp3) is 0.923. The third kappa shape index (κ3) is 2.97. The summed E-state index contributed by atoms with van der Waals surface area (Å²) < 4.78 is 0. The molecule has 2 rings (SSSR count). The molecule has 0 amide bonds. The van der Waals surface area contributed by atoms with Crippen molar-refractivity contribution in [3.8, 4) is 0 Å². The lowest BCUT2D eigenvalue weighted by Crippen LogP contribution is -2.56. The second-order valence-corrected chi connectivity index (χ2v) is 6.59. The topological polar surface area (TPSA) is 49.3 Å². The van der Waals surface area contributed by atoms with Crippen LogP contribution in [0.25, 0.3) is 0 Å². The van der Waals surface area contributed by atoms with Gasteiger partial charge in [-0.05, 0) is 38.1 Å². The van der Waals surface area contributed by atoms with Crippen LogP contribution in [0.2, 0.25) is 0 Å². The zero-order chi connectivity index (χ0) is 12.3. The van der Waals surface area contributed by atoms with Gasteiger partial charge in [0.2, 0.25) is 0 Å². The van der Waals surface area contributed by atoms with E-state index in [1.54, 1.807) is 0 Å². The van der Waals surface area contributed by atoms with Crippen molar-refractivity contribution < 1.29 is 9.90 Å². The minimum atomic E-state index is -0.651. The summed E-state index contributed by atoms with van der Waals surface area (Å²) in [5.74, 6) is 0.451. The molecule has 0 aromatic carbocycles. The second-order valence-electron chi connectivity index (χ2n) is 5.30. The van der Waals surface area contributed by atoms with Gasteiger partial charge in [0.15, 0.2) is 0 Å². The number of carboxylic acids is 1. The fourth-order valence-electron chi connectivity index (χ4n) is 2.82. The standard InChI is InChI=1S/C13H23NO2S/c1-2-14-13(12(15)16,10-7-8-10)9-17-11-5-3-4-6-11/h10-11,14H,2-9H2,1H3,(H,15,16). The van der Waals surface area contributed by atoms with E-state index in [2.05, 4.69) is 5.32 Å². The van der Waals surface area contributed by atoms with Gasteiger partial charge in [-0.25, -0.2) is 0 Å². The predicted octanol–water partition coefficient (Wildman–Crippen LogP) is 2.51. The number of carboxylic acid groups (broad SMARTS) is 1. The van der Waals surface area contributed by atoms with E-state index in [0.717, 1.165) is 25.1 Å². The molecule has 0 aromatic rings. The largest absolute Gasteiger partial charge is 0.480 e. The minimum Gasteiger partial charge on any atom is -0.480 e. The number of hydrogen-bond acceptors (Lipinski definition) is 3. The molecule has 2 fully saturated rings. The summed E-state index contributed by atoms with van der Waals surface area (Å²) in [5, 5.41) is 13.5. The first-order valence-corrected chi connectivity index (χ1v) is 7.84. The van der Waals surface area contributed by atoms with Crippen molar-refractivity contribution in [2.24, 2.45) is 5.92 Å². The van der Waals surface area contributed by atoms with E-state index in [-0.39, 0.29) is 0 Å². The summed E-state index contributed by atoms with van der Waals surface area (Å²) in [7, 11) is 0. The molecule has 98 valence electrons. The highest BCUT2D eigenvalue weighted by molar-refractivity contribution is 8.00. The molecule has 3 nitrogen and oxygen atoms in total. The highest BCUT2D eigenvalue weighted by atomic mass is 32.2. The minimum absolute atomic E-state index is 0.355. The van der Waals surface area contributed by atoms with E-state index in [4.69, 9.17) is 0 Å². The maximum Gasteiger partial charge on any atom is 0.325 e. The molecule has 0 radical (unpaired) electrons. The van der Waals surface area contributed by atoms with Gasteiger partial charge in [-0.2, -0.15) is 11.8 Å². The van der Waals surface area contributed by atoms with Crippen molar-refractivity contribution in [1.29, 1.82) is 0 Å². The zero-order valence-electron chi connectivity index (χ0n) is 10.6. The third-order valence-corrected chi connectivity index (χ3v) is 5.56. The Balaban J connectivity index is 1.95. The normalized spacial score (nSPS) is 24.8. The van der Waals surface area contributed by atoms with E-state index in [1.807, 2.05) is 18.7 Å². The van der Waals surface area contributed by atoms with E-state index < -0.39 is 11.5 Å². The molecule has 0 bridgehead atoms. The van der Waals surface area contributed by atoms with Gasteiger partial charge < -0.3 is 10.4 Å². The first-order chi connectivity index (χ1) is 8.19. The van der Waals surface area contributed by atoms with Crippen LogP contribution in [0.15, 0.2) is 0 Å². The summed E-state index contributed by atoms with van der Waals surface area (Å²) >= 11 is 1.88. The molecular weight excluding hydrogens is 234 g/mol. The average molecular weight is 257 g/mol. The van der Waals surface area contributed by atoms with E-state index in [0.29, 0.717) is 11.2 Å². The lowest BCUT2D eigenvalue weighted by molar-refractivity contribution is -0.144. The molecule has 0 saturated heterocycles.